The van der Waals surface area contributed by atoms with Crippen molar-refractivity contribution in [1.29, 1.82) is 0 Å². The molecule has 1 aliphatic carbocycles. The van der Waals surface area contributed by atoms with E-state index >= 15 is 0 Å². The fraction of sp³-hybridized carbons (Fsp3) is 0.533. The van der Waals surface area contributed by atoms with Crippen LogP contribution < -0.4 is 11.1 Å². The van der Waals surface area contributed by atoms with Crippen LogP contribution in [0.5, 0.6) is 5.75 Å². The molecule has 2 rings (SSSR count). The smallest absolute Gasteiger partial charge is 0.240 e. The lowest BCUT2D eigenvalue weighted by atomic mass is 9.81. The molecule has 1 fully saturated rings. The van der Waals surface area contributed by atoms with Crippen LogP contribution in [0.3, 0.4) is 0 Å². The van der Waals surface area contributed by atoms with Crippen molar-refractivity contribution in [2.75, 3.05) is 0 Å². The molecule has 0 aliphatic heterocycles. The Bertz CT molecular complexity index is 453. The molecule has 1 aromatic rings. The third-order valence-electron chi connectivity index (χ3n) is 3.92. The molecule has 0 radical (unpaired) electrons. The Morgan fingerprint density at radius 3 is 2.68 bits per heavy atom. The first-order valence-corrected chi connectivity index (χ1v) is 6.90. The maximum absolute atomic E-state index is 12.3. The van der Waals surface area contributed by atoms with Gasteiger partial charge in [-0.2, -0.15) is 0 Å². The lowest BCUT2D eigenvalue weighted by Gasteiger charge is -2.33. The van der Waals surface area contributed by atoms with Crippen LogP contribution in [0.25, 0.3) is 0 Å². The van der Waals surface area contributed by atoms with Gasteiger partial charge < -0.3 is 16.2 Å². The summed E-state index contributed by atoms with van der Waals surface area (Å²) in [7, 11) is 0. The maximum Gasteiger partial charge on any atom is 0.240 e. The Kier molecular flexibility index (Phi) is 4.10. The van der Waals surface area contributed by atoms with Crippen molar-refractivity contribution in [3.63, 3.8) is 0 Å². The molecule has 19 heavy (non-hydrogen) atoms. The second kappa shape index (κ2) is 5.61. The minimum Gasteiger partial charge on any atom is -0.508 e. The summed E-state index contributed by atoms with van der Waals surface area (Å²) in [6.07, 6.45) is 4.71. The van der Waals surface area contributed by atoms with Crippen molar-refractivity contribution in [1.82, 2.24) is 5.32 Å². The van der Waals surface area contributed by atoms with Crippen molar-refractivity contribution in [2.24, 2.45) is 5.73 Å². The lowest BCUT2D eigenvalue weighted by Crippen LogP contribution is -2.55. The summed E-state index contributed by atoms with van der Waals surface area (Å²) in [5.74, 6) is 0.127. The summed E-state index contributed by atoms with van der Waals surface area (Å²) < 4.78 is 0. The zero-order valence-electron chi connectivity index (χ0n) is 11.4. The van der Waals surface area contributed by atoms with Crippen LogP contribution in [0, 0.1) is 0 Å². The standard InChI is InChI=1S/C15H22N2O2/c1-11(12-6-5-7-13(18)10-12)17-14(19)15(16)8-3-2-4-9-15/h5-7,10-11,18H,2-4,8-9,16H2,1H3,(H,17,19). The summed E-state index contributed by atoms with van der Waals surface area (Å²) in [6, 6.07) is 6.78. The molecule has 0 spiro atoms. The fourth-order valence-corrected chi connectivity index (χ4v) is 2.63. The van der Waals surface area contributed by atoms with E-state index in [9.17, 15) is 9.90 Å². The second-order valence-electron chi connectivity index (χ2n) is 5.51. The van der Waals surface area contributed by atoms with Crippen LogP contribution in [-0.4, -0.2) is 16.6 Å². The molecule has 1 aliphatic rings. The van der Waals surface area contributed by atoms with Gasteiger partial charge in [0.25, 0.3) is 0 Å². The van der Waals surface area contributed by atoms with E-state index in [4.69, 9.17) is 5.73 Å². The molecule has 1 amide bonds. The average Bonchev–Trinajstić information content (AvgIpc) is 2.39. The molecule has 0 heterocycles. The van der Waals surface area contributed by atoms with Crippen LogP contribution in [0.1, 0.15) is 50.6 Å². The van der Waals surface area contributed by atoms with Gasteiger partial charge in [0.05, 0.1) is 11.6 Å². The third kappa shape index (κ3) is 3.26. The first-order valence-electron chi connectivity index (χ1n) is 6.90. The number of carbonyl (C=O) groups is 1. The molecule has 0 aromatic heterocycles. The number of nitrogens with one attached hydrogen (secondary N) is 1. The van der Waals surface area contributed by atoms with Crippen molar-refractivity contribution in [3.05, 3.63) is 29.8 Å². The van der Waals surface area contributed by atoms with Gasteiger partial charge >= 0.3 is 0 Å². The van der Waals surface area contributed by atoms with Gasteiger partial charge in [-0.3, -0.25) is 4.79 Å². The number of phenols is 1. The minimum atomic E-state index is -0.719. The number of hydrogen-bond acceptors (Lipinski definition) is 3. The highest BCUT2D eigenvalue weighted by Gasteiger charge is 2.35. The highest BCUT2D eigenvalue weighted by molar-refractivity contribution is 5.86. The number of rotatable bonds is 3. The van der Waals surface area contributed by atoms with Crippen molar-refractivity contribution in [2.45, 2.75) is 50.6 Å². The number of aromatic hydroxyl groups is 1. The summed E-state index contributed by atoms with van der Waals surface area (Å²) in [6.45, 7) is 1.90. The number of nitrogens with two attached hydrogens (primary N) is 1. The fourth-order valence-electron chi connectivity index (χ4n) is 2.63. The van der Waals surface area contributed by atoms with Crippen LogP contribution in [0.15, 0.2) is 24.3 Å². The molecule has 4 heteroatoms. The summed E-state index contributed by atoms with van der Waals surface area (Å²) in [5.41, 5.74) is 6.36. The molecule has 1 atom stereocenters. The first kappa shape index (κ1) is 13.9. The monoisotopic (exact) mass is 262 g/mol. The van der Waals surface area contributed by atoms with Gasteiger partial charge in [0.2, 0.25) is 5.91 Å². The predicted octanol–water partition coefficient (Wildman–Crippen LogP) is 2.23. The SMILES string of the molecule is CC(NC(=O)C1(N)CCCCC1)c1cccc(O)c1. The molecule has 4 N–H and O–H groups in total. The van der Waals surface area contributed by atoms with E-state index in [0.717, 1.165) is 37.7 Å². The van der Waals surface area contributed by atoms with Crippen LogP contribution in [-0.2, 0) is 4.79 Å². The first-order chi connectivity index (χ1) is 9.01. The van der Waals surface area contributed by atoms with Gasteiger partial charge in [0, 0.05) is 0 Å². The minimum absolute atomic E-state index is 0.0805. The van der Waals surface area contributed by atoms with E-state index in [0.29, 0.717) is 0 Å². The summed E-state index contributed by atoms with van der Waals surface area (Å²) in [5, 5.41) is 12.4. The van der Waals surface area contributed by atoms with E-state index in [2.05, 4.69) is 5.32 Å². The van der Waals surface area contributed by atoms with Gasteiger partial charge in [-0.25, -0.2) is 0 Å². The van der Waals surface area contributed by atoms with Crippen molar-refractivity contribution < 1.29 is 9.90 Å². The normalized spacial score (nSPS) is 19.7. The third-order valence-corrected chi connectivity index (χ3v) is 3.92. The Balaban J connectivity index is 2.02. The Labute approximate surface area is 114 Å². The van der Waals surface area contributed by atoms with Gasteiger partial charge in [0.15, 0.2) is 0 Å². The average molecular weight is 262 g/mol. The Morgan fingerprint density at radius 2 is 2.05 bits per heavy atom. The van der Waals surface area contributed by atoms with Gasteiger partial charge in [0.1, 0.15) is 5.75 Å². The molecule has 0 bridgehead atoms. The molecule has 1 aromatic carbocycles. The highest BCUT2D eigenvalue weighted by atomic mass is 16.3. The largest absolute Gasteiger partial charge is 0.508 e. The molecule has 0 saturated heterocycles. The molecule has 4 nitrogen and oxygen atoms in total. The van der Waals surface area contributed by atoms with Gasteiger partial charge in [-0.1, -0.05) is 31.4 Å². The van der Waals surface area contributed by atoms with Crippen LogP contribution in [0.4, 0.5) is 0 Å². The number of amides is 1. The molecule has 104 valence electrons. The van der Waals surface area contributed by atoms with E-state index in [1.807, 2.05) is 13.0 Å². The molecule has 1 unspecified atom stereocenters. The second-order valence-corrected chi connectivity index (χ2v) is 5.51. The van der Waals surface area contributed by atoms with E-state index in [-0.39, 0.29) is 17.7 Å². The van der Waals surface area contributed by atoms with E-state index in [1.54, 1.807) is 18.2 Å². The zero-order valence-corrected chi connectivity index (χ0v) is 11.4. The van der Waals surface area contributed by atoms with Gasteiger partial charge in [-0.05, 0) is 37.5 Å². The number of phenolic OH excluding ortho intramolecular Hbond substituents is 1. The summed E-state index contributed by atoms with van der Waals surface area (Å²) >= 11 is 0. The van der Waals surface area contributed by atoms with Crippen LogP contribution >= 0.6 is 0 Å². The number of carbonyl (C=O) groups excluding carboxylic acids is 1. The zero-order chi connectivity index (χ0) is 13.9. The van der Waals surface area contributed by atoms with E-state index in [1.165, 1.54) is 0 Å². The summed E-state index contributed by atoms with van der Waals surface area (Å²) in [4.78, 5) is 12.3. The van der Waals surface area contributed by atoms with Crippen molar-refractivity contribution in [3.8, 4) is 5.75 Å². The lowest BCUT2D eigenvalue weighted by molar-refractivity contribution is -0.128. The predicted molar refractivity (Wildman–Crippen MR) is 74.7 cm³/mol. The van der Waals surface area contributed by atoms with Crippen LogP contribution in [0.2, 0.25) is 0 Å². The highest BCUT2D eigenvalue weighted by Crippen LogP contribution is 2.27. The topological polar surface area (TPSA) is 75.4 Å². The quantitative estimate of drug-likeness (QED) is 0.782. The molecular formula is C15H22N2O2. The number of hydrogen-bond donors (Lipinski definition) is 3. The molecular weight excluding hydrogens is 240 g/mol. The van der Waals surface area contributed by atoms with Gasteiger partial charge in [-0.15, -0.1) is 0 Å². The number of benzene rings is 1. The maximum atomic E-state index is 12.3. The van der Waals surface area contributed by atoms with Crippen molar-refractivity contribution >= 4 is 5.91 Å². The Hall–Kier alpha value is -1.55. The Morgan fingerprint density at radius 1 is 1.37 bits per heavy atom. The van der Waals surface area contributed by atoms with E-state index < -0.39 is 5.54 Å². The molecule has 1 saturated carbocycles.